The summed E-state index contributed by atoms with van der Waals surface area (Å²) < 4.78 is 7.43. The number of anilines is 6. The lowest BCUT2D eigenvalue weighted by atomic mass is 9.65. The third kappa shape index (κ3) is 4.77. The Hall–Kier alpha value is -7.36. The van der Waals surface area contributed by atoms with Crippen LogP contribution < -0.4 is 14.5 Å². The highest BCUT2D eigenvalue weighted by atomic mass is 16.5. The summed E-state index contributed by atoms with van der Waals surface area (Å²) in [5, 5.41) is 2.23. The van der Waals surface area contributed by atoms with Crippen LogP contribution in [0, 0.1) is 0 Å². The Labute approximate surface area is 326 Å². The van der Waals surface area contributed by atoms with Gasteiger partial charge in [-0.15, -0.1) is 0 Å². The summed E-state index contributed by atoms with van der Waals surface area (Å²) >= 11 is 0. The molecule has 264 valence electrons. The van der Waals surface area contributed by atoms with Crippen molar-refractivity contribution < 1.29 is 4.74 Å². The molecule has 0 bridgehead atoms. The normalized spacial score (nSPS) is 14.6. The molecule has 0 N–H and O–H groups in total. The van der Waals surface area contributed by atoms with E-state index >= 15 is 0 Å². The van der Waals surface area contributed by atoms with E-state index in [-0.39, 0.29) is 0 Å². The number of nitrogens with zero attached hydrogens (tertiary/aromatic N) is 2. The van der Waals surface area contributed by atoms with E-state index in [9.17, 15) is 0 Å². The number of hydrogen-bond donors (Lipinski definition) is 0. The standard InChI is InChI=1S/C53H36N2O/c1-5-19-38(20-6-1)54(39-21-7-2-8-22-39)42-33-34-45-44-28-15-16-29-46(44)53(49(45)36-42)47-30-17-31-50(55(40-23-9-3-10-24-40)41-25-11-4-12-26-41)52(47)56-51-43-27-14-13-18-37(43)32-35-48(51)53/h1-36H. The molecule has 1 unspecified atom stereocenters. The molecular formula is C53H36N2O. The van der Waals surface area contributed by atoms with Crippen LogP contribution in [0.4, 0.5) is 34.1 Å². The molecule has 9 aromatic rings. The second-order valence-corrected chi connectivity index (χ2v) is 14.5. The van der Waals surface area contributed by atoms with Gasteiger partial charge in [0, 0.05) is 45.0 Å². The number of ether oxygens (including phenoxy) is 1. The summed E-state index contributed by atoms with van der Waals surface area (Å²) in [5.74, 6) is 1.74. The predicted octanol–water partition coefficient (Wildman–Crippen LogP) is 14.2. The minimum absolute atomic E-state index is 0.691. The topological polar surface area (TPSA) is 15.7 Å². The second-order valence-electron chi connectivity index (χ2n) is 14.5. The van der Waals surface area contributed by atoms with Crippen LogP contribution in [0.25, 0.3) is 21.9 Å². The fourth-order valence-electron chi connectivity index (χ4n) is 9.17. The molecule has 1 heterocycles. The third-order valence-electron chi connectivity index (χ3n) is 11.5. The lowest BCUT2D eigenvalue weighted by Gasteiger charge is -2.42. The summed E-state index contributed by atoms with van der Waals surface area (Å²) in [6.07, 6.45) is 0. The van der Waals surface area contributed by atoms with Gasteiger partial charge in [0.25, 0.3) is 0 Å². The van der Waals surface area contributed by atoms with E-state index in [4.69, 9.17) is 4.74 Å². The van der Waals surface area contributed by atoms with Gasteiger partial charge in [0.1, 0.15) is 5.75 Å². The summed E-state index contributed by atoms with van der Waals surface area (Å²) in [5.41, 5.74) is 12.9. The molecule has 0 aromatic heterocycles. The van der Waals surface area contributed by atoms with Crippen molar-refractivity contribution >= 4 is 44.9 Å². The van der Waals surface area contributed by atoms with Crippen molar-refractivity contribution in [1.29, 1.82) is 0 Å². The minimum atomic E-state index is -0.691. The van der Waals surface area contributed by atoms with Gasteiger partial charge in [-0.1, -0.05) is 152 Å². The zero-order chi connectivity index (χ0) is 37.1. The van der Waals surface area contributed by atoms with Crippen LogP contribution in [0.1, 0.15) is 22.3 Å². The van der Waals surface area contributed by atoms with Crippen LogP contribution in [0.5, 0.6) is 11.5 Å². The Balaban J connectivity index is 1.25. The lowest BCUT2D eigenvalue weighted by molar-refractivity contribution is 0.443. The van der Waals surface area contributed by atoms with Crippen molar-refractivity contribution in [2.45, 2.75) is 5.41 Å². The van der Waals surface area contributed by atoms with E-state index < -0.39 is 5.41 Å². The fourth-order valence-corrected chi connectivity index (χ4v) is 9.17. The SMILES string of the molecule is c1ccc(N(c2ccccc2)c2ccc3c(c2)C2(c4ccccc4-3)c3cccc(N(c4ccccc4)c4ccccc4)c3Oc3c2ccc2ccccc32)cc1. The highest BCUT2D eigenvalue weighted by Crippen LogP contribution is 2.65. The molecule has 11 rings (SSSR count). The number of para-hydroxylation sites is 5. The number of fused-ring (bicyclic) bond motifs is 11. The van der Waals surface area contributed by atoms with Crippen molar-refractivity contribution in [2.24, 2.45) is 0 Å². The fraction of sp³-hybridized carbons (Fsp3) is 0.0189. The van der Waals surface area contributed by atoms with Gasteiger partial charge in [-0.25, -0.2) is 0 Å². The van der Waals surface area contributed by atoms with Gasteiger partial charge in [-0.05, 0) is 94.4 Å². The Morgan fingerprint density at radius 2 is 0.839 bits per heavy atom. The molecule has 1 atom stereocenters. The molecule has 1 aliphatic heterocycles. The van der Waals surface area contributed by atoms with Gasteiger partial charge in [0.2, 0.25) is 0 Å². The average molecular weight is 717 g/mol. The van der Waals surface area contributed by atoms with Gasteiger partial charge < -0.3 is 14.5 Å². The van der Waals surface area contributed by atoms with E-state index in [0.29, 0.717) is 0 Å². The van der Waals surface area contributed by atoms with Crippen molar-refractivity contribution in [3.05, 3.63) is 241 Å². The zero-order valence-electron chi connectivity index (χ0n) is 30.6. The van der Waals surface area contributed by atoms with Gasteiger partial charge in [0.05, 0.1) is 11.1 Å². The van der Waals surface area contributed by atoms with E-state index in [1.54, 1.807) is 0 Å². The van der Waals surface area contributed by atoms with Gasteiger partial charge >= 0.3 is 0 Å². The molecule has 1 spiro atoms. The van der Waals surface area contributed by atoms with Crippen molar-refractivity contribution in [3.8, 4) is 22.6 Å². The van der Waals surface area contributed by atoms with Crippen LogP contribution >= 0.6 is 0 Å². The van der Waals surface area contributed by atoms with Crippen LogP contribution in [-0.4, -0.2) is 0 Å². The smallest absolute Gasteiger partial charge is 0.156 e. The van der Waals surface area contributed by atoms with Gasteiger partial charge in [0.15, 0.2) is 5.75 Å². The van der Waals surface area contributed by atoms with Crippen molar-refractivity contribution in [1.82, 2.24) is 0 Å². The number of benzene rings is 9. The summed E-state index contributed by atoms with van der Waals surface area (Å²) in [6.45, 7) is 0. The lowest BCUT2D eigenvalue weighted by Crippen LogP contribution is -2.33. The van der Waals surface area contributed by atoms with Crippen LogP contribution in [-0.2, 0) is 5.41 Å². The Morgan fingerprint density at radius 1 is 0.321 bits per heavy atom. The molecule has 1 aliphatic carbocycles. The first-order chi connectivity index (χ1) is 27.8. The predicted molar refractivity (Wildman–Crippen MR) is 231 cm³/mol. The third-order valence-corrected chi connectivity index (χ3v) is 11.5. The minimum Gasteiger partial charge on any atom is -0.454 e. The van der Waals surface area contributed by atoms with E-state index in [1.807, 2.05) is 0 Å². The van der Waals surface area contributed by atoms with Crippen molar-refractivity contribution in [3.63, 3.8) is 0 Å². The molecule has 0 saturated heterocycles. The molecule has 0 saturated carbocycles. The average Bonchev–Trinajstić information content (AvgIpc) is 3.55. The van der Waals surface area contributed by atoms with E-state index in [0.717, 1.165) is 67.5 Å². The monoisotopic (exact) mass is 716 g/mol. The molecule has 0 amide bonds. The molecule has 0 radical (unpaired) electrons. The molecular weight excluding hydrogens is 681 g/mol. The summed E-state index contributed by atoms with van der Waals surface area (Å²) in [4.78, 5) is 4.69. The first kappa shape index (κ1) is 32.1. The molecule has 0 fully saturated rings. The maximum atomic E-state index is 7.43. The quantitative estimate of drug-likeness (QED) is 0.170. The maximum absolute atomic E-state index is 7.43. The second kappa shape index (κ2) is 12.9. The summed E-state index contributed by atoms with van der Waals surface area (Å²) in [7, 11) is 0. The largest absolute Gasteiger partial charge is 0.454 e. The molecule has 3 heteroatoms. The van der Waals surface area contributed by atoms with Crippen molar-refractivity contribution in [2.75, 3.05) is 9.80 Å². The maximum Gasteiger partial charge on any atom is 0.156 e. The first-order valence-electron chi connectivity index (χ1n) is 19.2. The van der Waals surface area contributed by atoms with E-state index in [1.165, 1.54) is 22.3 Å². The van der Waals surface area contributed by atoms with Gasteiger partial charge in [-0.2, -0.15) is 0 Å². The molecule has 2 aliphatic rings. The Kier molecular flexibility index (Phi) is 7.39. The van der Waals surface area contributed by atoms with E-state index in [2.05, 4.69) is 228 Å². The van der Waals surface area contributed by atoms with Crippen LogP contribution in [0.15, 0.2) is 218 Å². The zero-order valence-corrected chi connectivity index (χ0v) is 30.6. The molecule has 3 nitrogen and oxygen atoms in total. The highest BCUT2D eigenvalue weighted by Gasteiger charge is 2.52. The van der Waals surface area contributed by atoms with Gasteiger partial charge in [-0.3, -0.25) is 0 Å². The molecule has 9 aromatic carbocycles. The Bertz CT molecular complexity index is 2810. The van der Waals surface area contributed by atoms with Crippen LogP contribution in [0.3, 0.4) is 0 Å². The highest BCUT2D eigenvalue weighted by molar-refractivity contribution is 5.98. The number of rotatable bonds is 6. The first-order valence-corrected chi connectivity index (χ1v) is 19.2. The molecule has 56 heavy (non-hydrogen) atoms. The summed E-state index contributed by atoms with van der Waals surface area (Å²) in [6, 6.07) is 78.4. The van der Waals surface area contributed by atoms with Crippen LogP contribution in [0.2, 0.25) is 0 Å². The Morgan fingerprint density at radius 3 is 1.50 bits per heavy atom. The number of hydrogen-bond acceptors (Lipinski definition) is 3.